The van der Waals surface area contributed by atoms with Gasteiger partial charge in [0.2, 0.25) is 0 Å². The van der Waals surface area contributed by atoms with Crippen LogP contribution in [-0.4, -0.2) is 4.98 Å². The van der Waals surface area contributed by atoms with E-state index >= 15 is 0 Å². The third-order valence-electron chi connectivity index (χ3n) is 1.85. The fourth-order valence-electron chi connectivity index (χ4n) is 1.23. The predicted octanol–water partition coefficient (Wildman–Crippen LogP) is 2.09. The molecule has 1 aliphatic carbocycles. The maximum absolute atomic E-state index is 3.14. The van der Waals surface area contributed by atoms with Crippen molar-refractivity contribution in [3.05, 3.63) is 29.1 Å². The van der Waals surface area contributed by atoms with Crippen molar-refractivity contribution in [2.45, 2.75) is 13.3 Å². The van der Waals surface area contributed by atoms with Gasteiger partial charge in [-0.3, -0.25) is 0 Å². The van der Waals surface area contributed by atoms with Gasteiger partial charge in [0.05, 0.1) is 5.69 Å². The number of aromatic amines is 1. The van der Waals surface area contributed by atoms with Crippen molar-refractivity contribution in [3.63, 3.8) is 0 Å². The third-order valence-corrected chi connectivity index (χ3v) is 1.85. The highest BCUT2D eigenvalue weighted by molar-refractivity contribution is 5.62. The van der Waals surface area contributed by atoms with Gasteiger partial charge in [0.1, 0.15) is 0 Å². The molecule has 0 atom stereocenters. The third kappa shape index (κ3) is 0.969. The van der Waals surface area contributed by atoms with E-state index in [0.717, 1.165) is 12.1 Å². The highest BCUT2D eigenvalue weighted by atomic mass is 14.7. The first-order chi connectivity index (χ1) is 5.38. The lowest BCUT2D eigenvalue weighted by Crippen LogP contribution is -1.76. The van der Waals surface area contributed by atoms with Gasteiger partial charge < -0.3 is 4.98 Å². The Morgan fingerprint density at radius 3 is 3.36 bits per heavy atom. The number of aromatic nitrogens is 1. The van der Waals surface area contributed by atoms with Gasteiger partial charge in [-0.25, -0.2) is 0 Å². The molecule has 0 saturated carbocycles. The number of hydrogen-bond donors (Lipinski definition) is 1. The van der Waals surface area contributed by atoms with Crippen molar-refractivity contribution >= 4 is 6.08 Å². The zero-order valence-corrected chi connectivity index (χ0v) is 6.44. The lowest BCUT2D eigenvalue weighted by molar-refractivity contribution is 1.35. The molecule has 1 aliphatic rings. The molecular weight excluding hydrogens is 134 g/mol. The van der Waals surface area contributed by atoms with Crippen molar-refractivity contribution in [2.75, 3.05) is 0 Å². The predicted molar refractivity (Wildman–Crippen MR) is 46.1 cm³/mol. The van der Waals surface area contributed by atoms with E-state index in [9.17, 15) is 0 Å². The van der Waals surface area contributed by atoms with Gasteiger partial charge in [-0.2, -0.15) is 0 Å². The van der Waals surface area contributed by atoms with E-state index < -0.39 is 0 Å². The Labute approximate surface area is 66.1 Å². The summed E-state index contributed by atoms with van der Waals surface area (Å²) in [5, 5.41) is 0. The second-order valence-corrected chi connectivity index (χ2v) is 2.67. The number of allylic oxidation sites excluding steroid dienone is 1. The number of H-pyrrole nitrogens is 1. The van der Waals surface area contributed by atoms with E-state index in [-0.39, 0.29) is 0 Å². The average Bonchev–Trinajstić information content (AvgIpc) is 2.25. The molecule has 0 spiro atoms. The molecule has 0 aliphatic heterocycles. The van der Waals surface area contributed by atoms with Gasteiger partial charge in [0.25, 0.3) is 0 Å². The zero-order chi connectivity index (χ0) is 7.68. The first kappa shape index (κ1) is 6.30. The van der Waals surface area contributed by atoms with Gasteiger partial charge in [-0.05, 0) is 18.4 Å². The number of hydrogen-bond acceptors (Lipinski definition) is 0. The minimum Gasteiger partial charge on any atom is -0.354 e. The smallest absolute Gasteiger partial charge is 0.0969 e. The van der Waals surface area contributed by atoms with Crippen LogP contribution >= 0.6 is 0 Å². The lowest BCUT2D eigenvalue weighted by Gasteiger charge is -1.88. The van der Waals surface area contributed by atoms with Crippen molar-refractivity contribution in [2.24, 2.45) is 0 Å². The summed E-state index contributed by atoms with van der Waals surface area (Å²) in [7, 11) is 0. The molecule has 2 rings (SSSR count). The maximum Gasteiger partial charge on any atom is 0.0969 e. The fraction of sp³-hybridized carbons (Fsp3) is 0.200. The van der Waals surface area contributed by atoms with E-state index in [4.69, 9.17) is 0 Å². The maximum atomic E-state index is 3.14. The van der Waals surface area contributed by atoms with Crippen LogP contribution in [0.5, 0.6) is 0 Å². The van der Waals surface area contributed by atoms with Gasteiger partial charge in [0.15, 0.2) is 0 Å². The number of aryl methyl sites for hydroxylation is 1. The SMILES string of the molecule is Cc1c[nH]c2c1C=CCC#C2. The Morgan fingerprint density at radius 2 is 2.45 bits per heavy atom. The van der Waals surface area contributed by atoms with Crippen molar-refractivity contribution < 1.29 is 0 Å². The second kappa shape index (κ2) is 2.32. The minimum absolute atomic E-state index is 0.863. The molecule has 0 radical (unpaired) electrons. The molecule has 1 N–H and O–H groups in total. The molecule has 0 saturated heterocycles. The molecule has 1 aromatic rings. The summed E-state index contributed by atoms with van der Waals surface area (Å²) >= 11 is 0. The van der Waals surface area contributed by atoms with E-state index in [1.54, 1.807) is 0 Å². The van der Waals surface area contributed by atoms with Crippen LogP contribution in [-0.2, 0) is 0 Å². The number of rotatable bonds is 0. The molecule has 1 heteroatoms. The zero-order valence-electron chi connectivity index (χ0n) is 6.44. The van der Waals surface area contributed by atoms with E-state index in [2.05, 4.69) is 35.9 Å². The van der Waals surface area contributed by atoms with Crippen molar-refractivity contribution in [3.8, 4) is 11.8 Å². The van der Waals surface area contributed by atoms with Crippen LogP contribution < -0.4 is 0 Å². The van der Waals surface area contributed by atoms with E-state index in [1.807, 2.05) is 6.20 Å². The molecular formula is C10H9N. The van der Waals surface area contributed by atoms with Gasteiger partial charge in [-0.1, -0.05) is 18.1 Å². The summed E-state index contributed by atoms with van der Waals surface area (Å²) in [4.78, 5) is 3.14. The molecule has 1 heterocycles. The van der Waals surface area contributed by atoms with Crippen LogP contribution in [0.4, 0.5) is 0 Å². The van der Waals surface area contributed by atoms with Crippen LogP contribution in [0.15, 0.2) is 12.3 Å². The van der Waals surface area contributed by atoms with Gasteiger partial charge in [0, 0.05) is 18.2 Å². The molecule has 0 unspecified atom stereocenters. The molecule has 11 heavy (non-hydrogen) atoms. The Balaban J connectivity index is 2.65. The lowest BCUT2D eigenvalue weighted by atomic mass is 10.1. The van der Waals surface area contributed by atoms with E-state index in [0.29, 0.717) is 0 Å². The van der Waals surface area contributed by atoms with Crippen LogP contribution in [0.3, 0.4) is 0 Å². The second-order valence-electron chi connectivity index (χ2n) is 2.67. The first-order valence-electron chi connectivity index (χ1n) is 3.71. The van der Waals surface area contributed by atoms with Crippen LogP contribution in [0.1, 0.15) is 23.2 Å². The number of fused-ring (bicyclic) bond motifs is 1. The normalized spacial score (nSPS) is 13.2. The summed E-state index contributed by atoms with van der Waals surface area (Å²) in [5.41, 5.74) is 3.57. The first-order valence-corrected chi connectivity index (χ1v) is 3.71. The highest BCUT2D eigenvalue weighted by Crippen LogP contribution is 2.15. The highest BCUT2D eigenvalue weighted by Gasteiger charge is 2.02. The Kier molecular flexibility index (Phi) is 1.33. The van der Waals surface area contributed by atoms with E-state index in [1.165, 1.54) is 11.1 Å². The molecule has 1 nitrogen and oxygen atoms in total. The summed E-state index contributed by atoms with van der Waals surface area (Å²) < 4.78 is 0. The fourth-order valence-corrected chi connectivity index (χ4v) is 1.23. The Hall–Kier alpha value is -1.42. The topological polar surface area (TPSA) is 15.8 Å². The molecule has 1 aromatic heterocycles. The standard InChI is InChI=1S/C10H9N/c1-8-7-11-10-6-4-2-3-5-9(8)10/h3,5,7,11H,2H2,1H3. The van der Waals surface area contributed by atoms with Crippen LogP contribution in [0.2, 0.25) is 0 Å². The van der Waals surface area contributed by atoms with Gasteiger partial charge >= 0.3 is 0 Å². The summed E-state index contributed by atoms with van der Waals surface area (Å²) in [5.74, 6) is 6.13. The monoisotopic (exact) mass is 143 g/mol. The average molecular weight is 143 g/mol. The summed E-state index contributed by atoms with van der Waals surface area (Å²) in [6.07, 6.45) is 7.07. The van der Waals surface area contributed by atoms with Crippen molar-refractivity contribution in [1.29, 1.82) is 0 Å². The molecule has 0 bridgehead atoms. The Morgan fingerprint density at radius 1 is 1.55 bits per heavy atom. The van der Waals surface area contributed by atoms with Crippen LogP contribution in [0.25, 0.3) is 6.08 Å². The van der Waals surface area contributed by atoms with Crippen molar-refractivity contribution in [1.82, 2.24) is 4.98 Å². The molecule has 0 amide bonds. The summed E-state index contributed by atoms with van der Waals surface area (Å²) in [6.45, 7) is 2.09. The molecule has 54 valence electrons. The Bertz CT molecular complexity index is 358. The quantitative estimate of drug-likeness (QED) is 0.535. The molecule has 0 aromatic carbocycles. The molecule has 0 fully saturated rings. The largest absolute Gasteiger partial charge is 0.354 e. The number of nitrogens with one attached hydrogen (secondary N) is 1. The van der Waals surface area contributed by atoms with Gasteiger partial charge in [-0.15, -0.1) is 0 Å². The summed E-state index contributed by atoms with van der Waals surface area (Å²) in [6, 6.07) is 0. The minimum atomic E-state index is 0.863. The van der Waals surface area contributed by atoms with Crippen LogP contribution in [0, 0.1) is 18.8 Å².